The number of pyridine rings is 1. The van der Waals surface area contributed by atoms with Gasteiger partial charge in [-0.3, -0.25) is 4.98 Å². The molecular formula is C9H11N3. The summed E-state index contributed by atoms with van der Waals surface area (Å²) in [5, 5.41) is 1.12. The molecule has 0 unspecified atom stereocenters. The maximum atomic E-state index is 5.78. The number of H-pyrrole nitrogens is 1. The van der Waals surface area contributed by atoms with Crippen LogP contribution in [0, 0.1) is 0 Å². The second-order valence-corrected chi connectivity index (χ2v) is 2.95. The fourth-order valence-electron chi connectivity index (χ4n) is 1.36. The first-order chi connectivity index (χ1) is 5.79. The predicted octanol–water partition coefficient (Wildman–Crippen LogP) is 1.58. The van der Waals surface area contributed by atoms with Gasteiger partial charge in [0.25, 0.3) is 0 Å². The molecule has 12 heavy (non-hydrogen) atoms. The lowest BCUT2D eigenvalue weighted by molar-refractivity contribution is 0.826. The fraction of sp³-hybridized carbons (Fsp3) is 0.222. The van der Waals surface area contributed by atoms with Gasteiger partial charge >= 0.3 is 0 Å². The highest BCUT2D eigenvalue weighted by atomic mass is 14.7. The van der Waals surface area contributed by atoms with Crippen molar-refractivity contribution < 1.29 is 0 Å². The number of aromatic amines is 1. The van der Waals surface area contributed by atoms with Crippen LogP contribution in [0.15, 0.2) is 24.7 Å². The molecule has 1 atom stereocenters. The molecule has 0 amide bonds. The second-order valence-electron chi connectivity index (χ2n) is 2.95. The summed E-state index contributed by atoms with van der Waals surface area (Å²) in [6.45, 7) is 1.97. The Kier molecular flexibility index (Phi) is 1.59. The molecule has 2 heterocycles. The van der Waals surface area contributed by atoms with Crippen molar-refractivity contribution in [3.8, 4) is 0 Å². The van der Waals surface area contributed by atoms with Crippen LogP contribution in [0.5, 0.6) is 0 Å². The maximum absolute atomic E-state index is 5.78. The summed E-state index contributed by atoms with van der Waals surface area (Å²) < 4.78 is 0. The van der Waals surface area contributed by atoms with Crippen LogP contribution < -0.4 is 5.73 Å². The van der Waals surface area contributed by atoms with Crippen LogP contribution in [0.1, 0.15) is 18.5 Å². The number of hydrogen-bond acceptors (Lipinski definition) is 2. The summed E-state index contributed by atoms with van der Waals surface area (Å²) >= 11 is 0. The van der Waals surface area contributed by atoms with Crippen molar-refractivity contribution in [1.82, 2.24) is 9.97 Å². The van der Waals surface area contributed by atoms with Crippen LogP contribution in [-0.4, -0.2) is 9.97 Å². The van der Waals surface area contributed by atoms with Gasteiger partial charge in [-0.1, -0.05) is 0 Å². The fourth-order valence-corrected chi connectivity index (χ4v) is 1.36. The van der Waals surface area contributed by atoms with E-state index < -0.39 is 0 Å². The number of rotatable bonds is 1. The van der Waals surface area contributed by atoms with E-state index in [0.29, 0.717) is 0 Å². The lowest BCUT2D eigenvalue weighted by atomic mass is 10.1. The summed E-state index contributed by atoms with van der Waals surface area (Å²) in [5.41, 5.74) is 7.99. The molecule has 0 radical (unpaired) electrons. The molecule has 2 aromatic heterocycles. The van der Waals surface area contributed by atoms with Crippen LogP contribution in [0.25, 0.3) is 10.9 Å². The normalized spacial score (nSPS) is 13.5. The third kappa shape index (κ3) is 0.987. The number of aromatic nitrogens is 2. The van der Waals surface area contributed by atoms with Gasteiger partial charge in [-0.05, 0) is 18.6 Å². The summed E-state index contributed by atoms with van der Waals surface area (Å²) in [4.78, 5) is 7.20. The molecule has 2 rings (SSSR count). The predicted molar refractivity (Wildman–Crippen MR) is 48.7 cm³/mol. The monoisotopic (exact) mass is 161 g/mol. The summed E-state index contributed by atoms with van der Waals surface area (Å²) in [6, 6.07) is 2.00. The van der Waals surface area contributed by atoms with Crippen molar-refractivity contribution in [2.45, 2.75) is 13.0 Å². The molecule has 62 valence electrons. The molecule has 0 aliphatic rings. The SMILES string of the molecule is C[C@H](N)c1c[nH]c2ccncc12. The molecule has 0 spiro atoms. The van der Waals surface area contributed by atoms with Crippen molar-refractivity contribution in [2.75, 3.05) is 0 Å². The van der Waals surface area contributed by atoms with Crippen molar-refractivity contribution in [3.05, 3.63) is 30.2 Å². The molecular weight excluding hydrogens is 150 g/mol. The van der Waals surface area contributed by atoms with Gasteiger partial charge in [-0.15, -0.1) is 0 Å². The number of nitrogens with one attached hydrogen (secondary N) is 1. The van der Waals surface area contributed by atoms with E-state index in [0.717, 1.165) is 16.5 Å². The Morgan fingerprint density at radius 3 is 3.17 bits per heavy atom. The lowest BCUT2D eigenvalue weighted by Gasteiger charge is -2.00. The highest BCUT2D eigenvalue weighted by Crippen LogP contribution is 2.20. The topological polar surface area (TPSA) is 54.7 Å². The zero-order chi connectivity index (χ0) is 8.55. The molecule has 0 aliphatic carbocycles. The second kappa shape index (κ2) is 2.60. The Bertz CT molecular complexity index is 389. The molecule has 0 saturated heterocycles. The molecule has 0 saturated carbocycles. The first-order valence-electron chi connectivity index (χ1n) is 3.95. The zero-order valence-corrected chi connectivity index (χ0v) is 6.91. The summed E-state index contributed by atoms with van der Waals surface area (Å²) in [5.74, 6) is 0. The molecule has 0 aliphatic heterocycles. The Morgan fingerprint density at radius 2 is 2.42 bits per heavy atom. The molecule has 0 aromatic carbocycles. The van der Waals surface area contributed by atoms with E-state index in [2.05, 4.69) is 9.97 Å². The van der Waals surface area contributed by atoms with E-state index in [9.17, 15) is 0 Å². The van der Waals surface area contributed by atoms with E-state index in [1.165, 1.54) is 0 Å². The zero-order valence-electron chi connectivity index (χ0n) is 6.91. The van der Waals surface area contributed by atoms with Crippen LogP contribution >= 0.6 is 0 Å². The largest absolute Gasteiger partial charge is 0.361 e. The average Bonchev–Trinajstić information content (AvgIpc) is 2.47. The van der Waals surface area contributed by atoms with Gasteiger partial charge < -0.3 is 10.7 Å². The smallest absolute Gasteiger partial charge is 0.0488 e. The quantitative estimate of drug-likeness (QED) is 0.667. The van der Waals surface area contributed by atoms with E-state index in [1.807, 2.05) is 25.4 Å². The highest BCUT2D eigenvalue weighted by molar-refractivity contribution is 5.82. The average molecular weight is 161 g/mol. The van der Waals surface area contributed by atoms with Crippen LogP contribution in [0.3, 0.4) is 0 Å². The molecule has 3 N–H and O–H groups in total. The van der Waals surface area contributed by atoms with Gasteiger partial charge in [0.15, 0.2) is 0 Å². The van der Waals surface area contributed by atoms with E-state index >= 15 is 0 Å². The minimum atomic E-state index is 0.0583. The van der Waals surface area contributed by atoms with E-state index in [1.54, 1.807) is 6.20 Å². The van der Waals surface area contributed by atoms with E-state index in [-0.39, 0.29) is 6.04 Å². The summed E-state index contributed by atoms with van der Waals surface area (Å²) in [7, 11) is 0. The molecule has 3 nitrogen and oxygen atoms in total. The van der Waals surface area contributed by atoms with Gasteiger partial charge in [-0.2, -0.15) is 0 Å². The minimum absolute atomic E-state index is 0.0583. The molecule has 0 fully saturated rings. The number of fused-ring (bicyclic) bond motifs is 1. The van der Waals surface area contributed by atoms with Gasteiger partial charge in [0, 0.05) is 35.5 Å². The first kappa shape index (κ1) is 7.31. The standard InChI is InChI=1S/C9H11N3/c1-6(10)7-5-12-9-2-3-11-4-8(7)9/h2-6,12H,10H2,1H3/t6-/m0/s1. The van der Waals surface area contributed by atoms with Crippen molar-refractivity contribution in [3.63, 3.8) is 0 Å². The third-order valence-electron chi connectivity index (χ3n) is 2.01. The first-order valence-corrected chi connectivity index (χ1v) is 3.95. The molecule has 2 aromatic rings. The summed E-state index contributed by atoms with van der Waals surface area (Å²) in [6.07, 6.45) is 5.55. The van der Waals surface area contributed by atoms with Gasteiger partial charge in [-0.25, -0.2) is 0 Å². The lowest BCUT2D eigenvalue weighted by Crippen LogP contribution is -2.03. The highest BCUT2D eigenvalue weighted by Gasteiger charge is 2.05. The number of nitrogens with two attached hydrogens (primary N) is 1. The van der Waals surface area contributed by atoms with Crippen molar-refractivity contribution >= 4 is 10.9 Å². The van der Waals surface area contributed by atoms with Gasteiger partial charge in [0.1, 0.15) is 0 Å². The third-order valence-corrected chi connectivity index (χ3v) is 2.01. The molecule has 3 heteroatoms. The number of hydrogen-bond donors (Lipinski definition) is 2. The Morgan fingerprint density at radius 1 is 1.58 bits per heavy atom. The van der Waals surface area contributed by atoms with Gasteiger partial charge in [0.05, 0.1) is 0 Å². The maximum Gasteiger partial charge on any atom is 0.0488 e. The van der Waals surface area contributed by atoms with Gasteiger partial charge in [0.2, 0.25) is 0 Å². The Balaban J connectivity index is 2.70. The van der Waals surface area contributed by atoms with Crippen LogP contribution in [0.4, 0.5) is 0 Å². The molecule has 0 bridgehead atoms. The van der Waals surface area contributed by atoms with Crippen molar-refractivity contribution in [1.29, 1.82) is 0 Å². The van der Waals surface area contributed by atoms with Crippen LogP contribution in [-0.2, 0) is 0 Å². The Hall–Kier alpha value is -1.35. The van der Waals surface area contributed by atoms with Crippen LogP contribution in [0.2, 0.25) is 0 Å². The Labute approximate surface area is 70.6 Å². The minimum Gasteiger partial charge on any atom is -0.361 e. The number of nitrogens with zero attached hydrogens (tertiary/aromatic N) is 1. The van der Waals surface area contributed by atoms with E-state index in [4.69, 9.17) is 5.73 Å². The van der Waals surface area contributed by atoms with Crippen molar-refractivity contribution in [2.24, 2.45) is 5.73 Å².